The van der Waals surface area contributed by atoms with Crippen LogP contribution in [0.5, 0.6) is 5.75 Å². The number of nitrogens with zero attached hydrogens (tertiary/aromatic N) is 1. The van der Waals surface area contributed by atoms with Crippen molar-refractivity contribution in [2.45, 2.75) is 20.2 Å². The third-order valence-electron chi connectivity index (χ3n) is 2.67. The van der Waals surface area contributed by atoms with Crippen molar-refractivity contribution in [2.75, 3.05) is 5.32 Å². The van der Waals surface area contributed by atoms with Crippen molar-refractivity contribution in [3.05, 3.63) is 46.1 Å². The third kappa shape index (κ3) is 4.35. The number of hydrogen-bond acceptors (Lipinski definition) is 3. The second-order valence-electron chi connectivity index (χ2n) is 4.42. The van der Waals surface area contributed by atoms with E-state index in [1.165, 1.54) is 24.3 Å². The molecule has 1 aromatic heterocycles. The lowest BCUT2D eigenvalue weighted by molar-refractivity contribution is -0.274. The molecule has 3 nitrogen and oxygen atoms in total. The maximum absolute atomic E-state index is 12.1. The first-order chi connectivity index (χ1) is 9.74. The summed E-state index contributed by atoms with van der Waals surface area (Å²) in [6.07, 6.45) is -4.68. The lowest BCUT2D eigenvalue weighted by Gasteiger charge is -2.11. The average Bonchev–Trinajstić information content (AvgIpc) is 2.36. The molecule has 7 heteroatoms. The number of alkyl halides is 3. The zero-order chi connectivity index (χ0) is 15.6. The van der Waals surface area contributed by atoms with Crippen molar-refractivity contribution in [1.29, 1.82) is 0 Å². The van der Waals surface area contributed by atoms with Crippen molar-refractivity contribution in [2.24, 2.45) is 0 Å². The molecule has 112 valence electrons. The molecule has 2 rings (SSSR count). The Bertz CT molecular complexity index is 619. The van der Waals surface area contributed by atoms with E-state index in [4.69, 9.17) is 0 Å². The zero-order valence-corrected chi connectivity index (χ0v) is 12.8. The Hall–Kier alpha value is -1.76. The molecule has 0 fully saturated rings. The second-order valence-corrected chi connectivity index (χ2v) is 5.21. The van der Waals surface area contributed by atoms with Gasteiger partial charge in [0.1, 0.15) is 11.6 Å². The molecular weight excluding hydrogens is 349 g/mol. The lowest BCUT2D eigenvalue weighted by atomic mass is 10.2. The van der Waals surface area contributed by atoms with Crippen LogP contribution in [-0.4, -0.2) is 11.3 Å². The van der Waals surface area contributed by atoms with E-state index in [0.717, 1.165) is 15.7 Å². The number of ether oxygens (including phenoxy) is 1. The number of pyridine rings is 1. The van der Waals surface area contributed by atoms with Crippen LogP contribution in [0.1, 0.15) is 11.3 Å². The molecule has 0 amide bonds. The molecule has 0 atom stereocenters. The molecular formula is C14H12BrF3N2O. The third-order valence-corrected chi connectivity index (χ3v) is 3.86. The van der Waals surface area contributed by atoms with Gasteiger partial charge < -0.3 is 10.1 Å². The fourth-order valence-electron chi connectivity index (χ4n) is 1.77. The van der Waals surface area contributed by atoms with Crippen LogP contribution >= 0.6 is 15.9 Å². The van der Waals surface area contributed by atoms with E-state index < -0.39 is 6.36 Å². The van der Waals surface area contributed by atoms with Crippen LogP contribution in [0.3, 0.4) is 0 Å². The minimum Gasteiger partial charge on any atom is -0.406 e. The highest BCUT2D eigenvalue weighted by Crippen LogP contribution is 2.26. The Kier molecular flexibility index (Phi) is 4.41. The summed E-state index contributed by atoms with van der Waals surface area (Å²) in [7, 11) is 0. The summed E-state index contributed by atoms with van der Waals surface area (Å²) < 4.78 is 40.9. The first-order valence-corrected chi connectivity index (χ1v) is 6.80. The molecule has 1 N–H and O–H groups in total. The van der Waals surface area contributed by atoms with E-state index in [1.54, 1.807) is 0 Å². The minimum atomic E-state index is -4.68. The molecule has 0 radical (unpaired) electrons. The molecule has 1 heterocycles. The summed E-state index contributed by atoms with van der Waals surface area (Å²) in [4.78, 5) is 4.34. The van der Waals surface area contributed by atoms with Gasteiger partial charge in [0, 0.05) is 10.2 Å². The molecule has 0 spiro atoms. The van der Waals surface area contributed by atoms with Gasteiger partial charge in [0.25, 0.3) is 0 Å². The molecule has 0 unspecified atom stereocenters. The normalized spacial score (nSPS) is 11.3. The molecule has 0 bridgehead atoms. The SMILES string of the molecule is Cc1cc(Nc2ccc(OC(F)(F)F)cc2)nc(C)c1Br. The topological polar surface area (TPSA) is 34.1 Å². The van der Waals surface area contributed by atoms with Crippen molar-refractivity contribution in [3.63, 3.8) is 0 Å². The first kappa shape index (κ1) is 15.6. The Balaban J connectivity index is 2.14. The molecule has 21 heavy (non-hydrogen) atoms. The number of halogens is 4. The Labute approximate surface area is 128 Å². The van der Waals surface area contributed by atoms with E-state index in [-0.39, 0.29) is 5.75 Å². The number of nitrogens with one attached hydrogen (secondary N) is 1. The smallest absolute Gasteiger partial charge is 0.406 e. The molecule has 0 saturated heterocycles. The van der Waals surface area contributed by atoms with Crippen LogP contribution in [0.25, 0.3) is 0 Å². The number of rotatable bonds is 3. The fourth-order valence-corrected chi connectivity index (χ4v) is 1.97. The standard InChI is InChI=1S/C14H12BrF3N2O/c1-8-7-12(19-9(2)13(8)15)20-10-3-5-11(6-4-10)21-14(16,17)18/h3-7H,1-2H3,(H,19,20). The Morgan fingerprint density at radius 1 is 1.14 bits per heavy atom. The first-order valence-electron chi connectivity index (χ1n) is 6.01. The summed E-state index contributed by atoms with van der Waals surface area (Å²) in [6, 6.07) is 7.32. The monoisotopic (exact) mass is 360 g/mol. The van der Waals surface area contributed by atoms with Crippen LogP contribution in [0.4, 0.5) is 24.7 Å². The number of anilines is 2. The zero-order valence-electron chi connectivity index (χ0n) is 11.3. The maximum atomic E-state index is 12.1. The van der Waals surface area contributed by atoms with Crippen LogP contribution in [0.15, 0.2) is 34.8 Å². The van der Waals surface area contributed by atoms with Gasteiger partial charge in [-0.1, -0.05) is 0 Å². The lowest BCUT2D eigenvalue weighted by Crippen LogP contribution is -2.16. The highest BCUT2D eigenvalue weighted by molar-refractivity contribution is 9.10. The fraction of sp³-hybridized carbons (Fsp3) is 0.214. The highest BCUT2D eigenvalue weighted by atomic mass is 79.9. The molecule has 0 aliphatic rings. The van der Waals surface area contributed by atoms with Crippen molar-refractivity contribution in [1.82, 2.24) is 4.98 Å². The van der Waals surface area contributed by atoms with Gasteiger partial charge in [-0.3, -0.25) is 0 Å². The van der Waals surface area contributed by atoms with Crippen LogP contribution in [0, 0.1) is 13.8 Å². The molecule has 1 aromatic carbocycles. The quantitative estimate of drug-likeness (QED) is 0.826. The van der Waals surface area contributed by atoms with E-state index in [9.17, 15) is 13.2 Å². The van der Waals surface area contributed by atoms with E-state index in [1.807, 2.05) is 19.9 Å². The van der Waals surface area contributed by atoms with Crippen LogP contribution < -0.4 is 10.1 Å². The van der Waals surface area contributed by atoms with Gasteiger partial charge in [0.2, 0.25) is 0 Å². The van der Waals surface area contributed by atoms with Gasteiger partial charge in [-0.15, -0.1) is 13.2 Å². The van der Waals surface area contributed by atoms with Gasteiger partial charge in [-0.25, -0.2) is 4.98 Å². The van der Waals surface area contributed by atoms with Crippen LogP contribution in [-0.2, 0) is 0 Å². The molecule has 0 aliphatic heterocycles. The summed E-state index contributed by atoms with van der Waals surface area (Å²) in [5.41, 5.74) is 2.47. The van der Waals surface area contributed by atoms with Gasteiger partial charge >= 0.3 is 6.36 Å². The van der Waals surface area contributed by atoms with Gasteiger partial charge in [0.15, 0.2) is 0 Å². The summed E-state index contributed by atoms with van der Waals surface area (Å²) >= 11 is 3.42. The Morgan fingerprint density at radius 3 is 2.29 bits per heavy atom. The van der Waals surface area contributed by atoms with Gasteiger partial charge in [-0.2, -0.15) is 0 Å². The number of benzene rings is 1. The second kappa shape index (κ2) is 5.93. The summed E-state index contributed by atoms with van der Waals surface area (Å²) in [5.74, 6) is 0.363. The average molecular weight is 361 g/mol. The highest BCUT2D eigenvalue weighted by Gasteiger charge is 2.30. The number of aryl methyl sites for hydroxylation is 2. The summed E-state index contributed by atoms with van der Waals surface area (Å²) in [5, 5.41) is 3.03. The number of aromatic nitrogens is 1. The molecule has 2 aromatic rings. The predicted octanol–water partition coefficient (Wildman–Crippen LogP) is 5.10. The van der Waals surface area contributed by atoms with Gasteiger partial charge in [-0.05, 0) is 65.7 Å². The predicted molar refractivity (Wildman–Crippen MR) is 77.8 cm³/mol. The Morgan fingerprint density at radius 2 is 1.76 bits per heavy atom. The minimum absolute atomic E-state index is 0.260. The van der Waals surface area contributed by atoms with E-state index in [2.05, 4.69) is 31.0 Å². The van der Waals surface area contributed by atoms with E-state index in [0.29, 0.717) is 11.5 Å². The van der Waals surface area contributed by atoms with Crippen LogP contribution in [0.2, 0.25) is 0 Å². The number of hydrogen-bond donors (Lipinski definition) is 1. The van der Waals surface area contributed by atoms with Crippen molar-refractivity contribution >= 4 is 27.4 Å². The van der Waals surface area contributed by atoms with E-state index >= 15 is 0 Å². The molecule has 0 saturated carbocycles. The van der Waals surface area contributed by atoms with Crippen molar-refractivity contribution in [3.8, 4) is 5.75 Å². The maximum Gasteiger partial charge on any atom is 0.573 e. The largest absolute Gasteiger partial charge is 0.573 e. The van der Waals surface area contributed by atoms with Crippen molar-refractivity contribution < 1.29 is 17.9 Å². The summed E-state index contributed by atoms with van der Waals surface area (Å²) in [6.45, 7) is 3.80. The van der Waals surface area contributed by atoms with Gasteiger partial charge in [0.05, 0.1) is 5.69 Å². The molecule has 0 aliphatic carbocycles.